The second kappa shape index (κ2) is 9.06. The number of anilines is 1. The molecule has 1 amide bonds. The van der Waals surface area contributed by atoms with Gasteiger partial charge in [0.1, 0.15) is 11.5 Å². The maximum atomic E-state index is 12.0. The molecule has 2 aromatic carbocycles. The van der Waals surface area contributed by atoms with Gasteiger partial charge in [-0.3, -0.25) is 4.79 Å². The molecule has 1 N–H and O–H groups in total. The minimum atomic E-state index is -0.185. The van der Waals surface area contributed by atoms with Gasteiger partial charge in [-0.05, 0) is 48.9 Å². The van der Waals surface area contributed by atoms with Gasteiger partial charge in [0.2, 0.25) is 0 Å². The number of amides is 1. The van der Waals surface area contributed by atoms with Crippen LogP contribution in [0, 0.1) is 0 Å². The summed E-state index contributed by atoms with van der Waals surface area (Å²) in [6.07, 6.45) is 0. The van der Waals surface area contributed by atoms with Crippen LogP contribution < -0.4 is 14.8 Å². The van der Waals surface area contributed by atoms with E-state index >= 15 is 0 Å². The molecule has 1 fully saturated rings. The van der Waals surface area contributed by atoms with E-state index in [1.807, 2.05) is 66.8 Å². The van der Waals surface area contributed by atoms with E-state index in [1.54, 1.807) is 0 Å². The molecular weight excluding hydrogens is 354 g/mol. The Labute approximate surface area is 156 Å². The highest BCUT2D eigenvalue weighted by Gasteiger charge is 2.17. The average molecular weight is 376 g/mol. The first kappa shape index (κ1) is 18.0. The molecule has 25 heavy (non-hydrogen) atoms. The maximum Gasteiger partial charge on any atom is 0.262 e. The zero-order valence-corrected chi connectivity index (χ0v) is 15.7. The Kier molecular flexibility index (Phi) is 6.53. The third-order valence-electron chi connectivity index (χ3n) is 3.59. The molecule has 0 aromatic heterocycles. The summed E-state index contributed by atoms with van der Waals surface area (Å²) in [5.74, 6) is 3.72. The van der Waals surface area contributed by atoms with E-state index in [9.17, 15) is 4.79 Å². The van der Waals surface area contributed by atoms with Crippen LogP contribution in [0.3, 0.4) is 0 Å². The van der Waals surface area contributed by atoms with Gasteiger partial charge in [0, 0.05) is 17.2 Å². The largest absolute Gasteiger partial charge is 0.494 e. The molecule has 4 nitrogen and oxygen atoms in total. The molecule has 3 rings (SSSR count). The normalized spacial score (nSPS) is 14.3. The number of hydrogen-bond acceptors (Lipinski definition) is 5. The van der Waals surface area contributed by atoms with Crippen LogP contribution in [0.15, 0.2) is 48.5 Å². The molecule has 0 radical (unpaired) electrons. The number of rotatable bonds is 7. The molecule has 2 aromatic rings. The Morgan fingerprint density at radius 3 is 2.24 bits per heavy atom. The van der Waals surface area contributed by atoms with Gasteiger partial charge >= 0.3 is 0 Å². The van der Waals surface area contributed by atoms with E-state index in [2.05, 4.69) is 17.4 Å². The fourth-order valence-corrected chi connectivity index (χ4v) is 5.28. The van der Waals surface area contributed by atoms with Gasteiger partial charge in [0.25, 0.3) is 5.91 Å². The van der Waals surface area contributed by atoms with E-state index in [0.717, 1.165) is 11.4 Å². The van der Waals surface area contributed by atoms with Crippen LogP contribution in [0.5, 0.6) is 11.5 Å². The summed E-state index contributed by atoms with van der Waals surface area (Å²) < 4.78 is 11.5. The minimum Gasteiger partial charge on any atom is -0.494 e. The van der Waals surface area contributed by atoms with Crippen molar-refractivity contribution in [2.75, 3.05) is 30.0 Å². The van der Waals surface area contributed by atoms with E-state index < -0.39 is 0 Å². The predicted molar refractivity (Wildman–Crippen MR) is 106 cm³/mol. The summed E-state index contributed by atoms with van der Waals surface area (Å²) in [7, 11) is 0. The molecular formula is C19H21NO3S2. The zero-order valence-electron chi connectivity index (χ0n) is 14.1. The molecule has 0 saturated carbocycles. The summed E-state index contributed by atoms with van der Waals surface area (Å²) in [6.45, 7) is 2.54. The number of carbonyl (C=O) groups is 1. The van der Waals surface area contributed by atoms with Crippen molar-refractivity contribution in [1.82, 2.24) is 0 Å². The van der Waals surface area contributed by atoms with Gasteiger partial charge in [-0.1, -0.05) is 12.1 Å². The smallest absolute Gasteiger partial charge is 0.262 e. The number of nitrogens with one attached hydrogen (secondary N) is 1. The van der Waals surface area contributed by atoms with Crippen molar-refractivity contribution in [3.05, 3.63) is 54.1 Å². The van der Waals surface area contributed by atoms with Gasteiger partial charge in [0.15, 0.2) is 6.61 Å². The first-order valence-corrected chi connectivity index (χ1v) is 10.3. The third kappa shape index (κ3) is 5.34. The Bertz CT molecular complexity index is 683. The Balaban J connectivity index is 1.46. The molecule has 6 heteroatoms. The van der Waals surface area contributed by atoms with E-state index in [0.29, 0.717) is 16.9 Å². The number of benzene rings is 2. The average Bonchev–Trinajstić information content (AvgIpc) is 3.17. The van der Waals surface area contributed by atoms with Gasteiger partial charge in [-0.2, -0.15) is 0 Å². The molecule has 0 aliphatic carbocycles. The highest BCUT2D eigenvalue weighted by atomic mass is 32.2. The molecule has 1 saturated heterocycles. The van der Waals surface area contributed by atoms with Gasteiger partial charge < -0.3 is 14.8 Å². The van der Waals surface area contributed by atoms with Crippen molar-refractivity contribution in [2.45, 2.75) is 11.5 Å². The molecule has 0 atom stereocenters. The van der Waals surface area contributed by atoms with Crippen LogP contribution in [0.2, 0.25) is 0 Å². The topological polar surface area (TPSA) is 47.6 Å². The van der Waals surface area contributed by atoms with E-state index in [-0.39, 0.29) is 12.5 Å². The monoisotopic (exact) mass is 375 g/mol. The standard InChI is InChI=1S/C19H21NO3S2/c1-2-22-16-9-5-15(6-10-16)20-18(21)13-23-17-7-3-14(4-8-17)19-24-11-12-25-19/h3-10,19H,2,11-13H2,1H3,(H,20,21). The molecule has 0 unspecified atom stereocenters. The highest BCUT2D eigenvalue weighted by Crippen LogP contribution is 2.45. The fourth-order valence-electron chi connectivity index (χ4n) is 2.42. The van der Waals surface area contributed by atoms with E-state index in [1.165, 1.54) is 17.1 Å². The lowest BCUT2D eigenvalue weighted by atomic mass is 10.2. The minimum absolute atomic E-state index is 0.0144. The summed E-state index contributed by atoms with van der Waals surface area (Å²) in [5.41, 5.74) is 2.03. The van der Waals surface area contributed by atoms with Crippen LogP contribution in [0.1, 0.15) is 17.1 Å². The van der Waals surface area contributed by atoms with Gasteiger partial charge in [-0.25, -0.2) is 0 Å². The fraction of sp³-hybridized carbons (Fsp3) is 0.316. The van der Waals surface area contributed by atoms with Gasteiger partial charge in [0.05, 0.1) is 11.2 Å². The quantitative estimate of drug-likeness (QED) is 0.767. The van der Waals surface area contributed by atoms with Crippen molar-refractivity contribution in [2.24, 2.45) is 0 Å². The van der Waals surface area contributed by atoms with Crippen LogP contribution in [0.25, 0.3) is 0 Å². The zero-order chi connectivity index (χ0) is 17.5. The lowest BCUT2D eigenvalue weighted by Crippen LogP contribution is -2.20. The summed E-state index contributed by atoms with van der Waals surface area (Å²) in [4.78, 5) is 12.0. The molecule has 132 valence electrons. The van der Waals surface area contributed by atoms with Crippen molar-refractivity contribution >= 4 is 35.1 Å². The second-order valence-electron chi connectivity index (χ2n) is 5.44. The third-order valence-corrected chi connectivity index (χ3v) is 6.70. The van der Waals surface area contributed by atoms with Crippen molar-refractivity contribution in [3.63, 3.8) is 0 Å². The molecule has 1 aliphatic rings. The lowest BCUT2D eigenvalue weighted by molar-refractivity contribution is -0.118. The second-order valence-corrected chi connectivity index (χ2v) is 8.16. The van der Waals surface area contributed by atoms with Crippen molar-refractivity contribution in [3.8, 4) is 11.5 Å². The van der Waals surface area contributed by atoms with Crippen LogP contribution >= 0.6 is 23.5 Å². The first-order chi connectivity index (χ1) is 12.2. The summed E-state index contributed by atoms with van der Waals surface area (Å²) in [5, 5.41) is 2.81. The molecule has 0 spiro atoms. The lowest BCUT2D eigenvalue weighted by Gasteiger charge is -2.11. The van der Waals surface area contributed by atoms with Crippen LogP contribution in [-0.4, -0.2) is 30.6 Å². The van der Waals surface area contributed by atoms with Crippen molar-refractivity contribution < 1.29 is 14.3 Å². The van der Waals surface area contributed by atoms with Crippen molar-refractivity contribution in [1.29, 1.82) is 0 Å². The Morgan fingerprint density at radius 2 is 1.60 bits per heavy atom. The summed E-state index contributed by atoms with van der Waals surface area (Å²) >= 11 is 3.95. The summed E-state index contributed by atoms with van der Waals surface area (Å²) in [6, 6.07) is 15.3. The van der Waals surface area contributed by atoms with E-state index in [4.69, 9.17) is 9.47 Å². The Morgan fingerprint density at radius 1 is 1.00 bits per heavy atom. The highest BCUT2D eigenvalue weighted by molar-refractivity contribution is 8.19. The maximum absolute atomic E-state index is 12.0. The number of hydrogen-bond donors (Lipinski definition) is 1. The predicted octanol–water partition coefficient (Wildman–Crippen LogP) is 4.58. The van der Waals surface area contributed by atoms with Crippen LogP contribution in [-0.2, 0) is 4.79 Å². The van der Waals surface area contributed by atoms with Gasteiger partial charge in [-0.15, -0.1) is 23.5 Å². The molecule has 1 aliphatic heterocycles. The number of ether oxygens (including phenoxy) is 2. The molecule has 0 bridgehead atoms. The Hall–Kier alpha value is -1.79. The van der Waals surface area contributed by atoms with Crippen LogP contribution in [0.4, 0.5) is 5.69 Å². The number of carbonyl (C=O) groups excluding carboxylic acids is 1. The number of thioether (sulfide) groups is 2. The SMILES string of the molecule is CCOc1ccc(NC(=O)COc2ccc(C3SCCS3)cc2)cc1. The molecule has 1 heterocycles. The first-order valence-electron chi connectivity index (χ1n) is 8.23.